The van der Waals surface area contributed by atoms with Crippen molar-refractivity contribution in [1.82, 2.24) is 25.2 Å². The molecule has 2 aromatic heterocycles. The van der Waals surface area contributed by atoms with E-state index >= 15 is 0 Å². The fourth-order valence-electron chi connectivity index (χ4n) is 7.86. The number of hydrogen-bond acceptors (Lipinski definition) is 7. The van der Waals surface area contributed by atoms with E-state index in [0.29, 0.717) is 23.0 Å². The molecule has 3 aliphatic heterocycles. The monoisotopic (exact) mass is 606 g/mol. The van der Waals surface area contributed by atoms with Crippen LogP contribution in [0.4, 0.5) is 10.2 Å². The van der Waals surface area contributed by atoms with E-state index in [1.54, 1.807) is 24.7 Å². The molecule has 8 nitrogen and oxygen atoms in total. The molecule has 1 aromatic carbocycles. The van der Waals surface area contributed by atoms with E-state index in [9.17, 15) is 9.18 Å². The Morgan fingerprint density at radius 3 is 2.80 bits per heavy atom. The molecule has 232 valence electrons. The normalized spacial score (nSPS) is 25.7. The molecule has 3 saturated heterocycles. The highest BCUT2D eigenvalue weighted by Crippen LogP contribution is 2.48. The van der Waals surface area contributed by atoms with Gasteiger partial charge in [-0.2, -0.15) is 0 Å². The van der Waals surface area contributed by atoms with Crippen molar-refractivity contribution in [3.8, 4) is 22.6 Å². The molecule has 3 aromatic rings. The van der Waals surface area contributed by atoms with Gasteiger partial charge in [-0.25, -0.2) is 14.4 Å². The lowest BCUT2D eigenvalue weighted by molar-refractivity contribution is -0.127. The molecule has 1 amide bonds. The predicted octanol–water partition coefficient (Wildman–Crippen LogP) is 6.24. The van der Waals surface area contributed by atoms with E-state index in [0.717, 1.165) is 87.6 Å². The number of ether oxygens (including phenoxy) is 1. The van der Waals surface area contributed by atoms with Crippen molar-refractivity contribution in [3.63, 3.8) is 0 Å². The second-order valence-electron chi connectivity index (χ2n) is 14.1. The lowest BCUT2D eigenvalue weighted by Gasteiger charge is -2.28. The Bertz CT molecular complexity index is 1730. The molecule has 0 radical (unpaired) electrons. The first kappa shape index (κ1) is 28.4. The predicted molar refractivity (Wildman–Crippen MR) is 170 cm³/mol. The maximum atomic E-state index is 14.6. The average molecular weight is 607 g/mol. The van der Waals surface area contributed by atoms with E-state index in [4.69, 9.17) is 4.74 Å². The number of halogens is 1. The average Bonchev–Trinajstić information content (AvgIpc) is 3.63. The number of rotatable bonds is 7. The summed E-state index contributed by atoms with van der Waals surface area (Å²) in [7, 11) is 0. The SMILES string of the molecule is CC1(C)C(=O)NC2=CC(CN3CCC4(CCN(c5ncncc5Oc5ccc(F)cc5-c5cccnc5C5CC5)C4)C3)=CCC21. The van der Waals surface area contributed by atoms with Crippen LogP contribution in [0, 0.1) is 22.6 Å². The Morgan fingerprint density at radius 1 is 1.07 bits per heavy atom. The molecule has 0 bridgehead atoms. The van der Waals surface area contributed by atoms with Gasteiger partial charge in [-0.3, -0.25) is 14.7 Å². The van der Waals surface area contributed by atoms with Gasteiger partial charge in [0.15, 0.2) is 11.6 Å². The second kappa shape index (κ2) is 10.8. The number of aromatic nitrogens is 3. The summed E-state index contributed by atoms with van der Waals surface area (Å²) in [6.07, 6.45) is 15.0. The number of allylic oxidation sites excluding steroid dienone is 2. The largest absolute Gasteiger partial charge is 0.451 e. The van der Waals surface area contributed by atoms with Crippen LogP contribution < -0.4 is 15.0 Å². The third kappa shape index (κ3) is 5.21. The molecule has 2 unspecified atom stereocenters. The highest BCUT2D eigenvalue weighted by atomic mass is 19.1. The first-order chi connectivity index (χ1) is 21.8. The lowest BCUT2D eigenvalue weighted by Crippen LogP contribution is -2.32. The van der Waals surface area contributed by atoms with Gasteiger partial charge in [0, 0.05) is 66.5 Å². The van der Waals surface area contributed by atoms with E-state index in [1.165, 1.54) is 11.6 Å². The van der Waals surface area contributed by atoms with Gasteiger partial charge in [0.1, 0.15) is 17.9 Å². The summed E-state index contributed by atoms with van der Waals surface area (Å²) in [5.41, 5.74) is 4.83. The minimum Gasteiger partial charge on any atom is -0.451 e. The maximum absolute atomic E-state index is 14.6. The van der Waals surface area contributed by atoms with Gasteiger partial charge in [0.2, 0.25) is 5.91 Å². The summed E-state index contributed by atoms with van der Waals surface area (Å²) in [6, 6.07) is 8.57. The molecule has 9 heteroatoms. The minimum absolute atomic E-state index is 0.128. The second-order valence-corrected chi connectivity index (χ2v) is 14.1. The van der Waals surface area contributed by atoms with Gasteiger partial charge < -0.3 is 15.0 Å². The van der Waals surface area contributed by atoms with Crippen LogP contribution in [0.15, 0.2) is 72.5 Å². The van der Waals surface area contributed by atoms with Crippen LogP contribution in [0.2, 0.25) is 0 Å². The Labute approximate surface area is 263 Å². The number of hydrogen-bond donors (Lipinski definition) is 1. The zero-order valence-corrected chi connectivity index (χ0v) is 25.9. The van der Waals surface area contributed by atoms with Crippen LogP contribution >= 0.6 is 0 Å². The van der Waals surface area contributed by atoms with Crippen LogP contribution in [-0.2, 0) is 4.79 Å². The number of nitrogens with zero attached hydrogens (tertiary/aromatic N) is 5. The smallest absolute Gasteiger partial charge is 0.230 e. The summed E-state index contributed by atoms with van der Waals surface area (Å²) in [5.74, 6) is 2.40. The molecule has 45 heavy (non-hydrogen) atoms. The van der Waals surface area contributed by atoms with Gasteiger partial charge in [-0.15, -0.1) is 0 Å². The highest BCUT2D eigenvalue weighted by molar-refractivity contribution is 5.88. The number of carbonyl (C=O) groups excluding carboxylic acids is 1. The molecule has 5 heterocycles. The van der Waals surface area contributed by atoms with Crippen molar-refractivity contribution in [2.24, 2.45) is 16.7 Å². The summed E-state index contributed by atoms with van der Waals surface area (Å²) in [6.45, 7) is 8.86. The molecule has 2 atom stereocenters. The highest BCUT2D eigenvalue weighted by Gasteiger charge is 2.47. The van der Waals surface area contributed by atoms with Crippen molar-refractivity contribution in [2.45, 2.75) is 51.9 Å². The molecule has 5 aliphatic rings. The number of pyridine rings is 1. The van der Waals surface area contributed by atoms with Gasteiger partial charge in [-0.1, -0.05) is 26.0 Å². The van der Waals surface area contributed by atoms with Crippen LogP contribution in [0.25, 0.3) is 11.1 Å². The van der Waals surface area contributed by atoms with Crippen LogP contribution in [-0.4, -0.2) is 58.5 Å². The molecule has 8 rings (SSSR count). The number of nitrogens with one attached hydrogen (secondary N) is 1. The fourth-order valence-corrected chi connectivity index (χ4v) is 7.86. The maximum Gasteiger partial charge on any atom is 0.230 e. The Hall–Kier alpha value is -4.11. The van der Waals surface area contributed by atoms with E-state index < -0.39 is 0 Å². The molecule has 1 spiro atoms. The molecule has 1 saturated carbocycles. The number of benzene rings is 1. The van der Waals surface area contributed by atoms with Crippen molar-refractivity contribution in [3.05, 3.63) is 84.0 Å². The molecule has 1 N–H and O–H groups in total. The zero-order chi connectivity index (χ0) is 30.8. The van der Waals surface area contributed by atoms with Crippen molar-refractivity contribution in [1.29, 1.82) is 0 Å². The molecular formula is C36H39FN6O2. The van der Waals surface area contributed by atoms with Gasteiger partial charge in [-0.05, 0) is 74.6 Å². The van der Waals surface area contributed by atoms with Crippen molar-refractivity contribution in [2.75, 3.05) is 37.6 Å². The third-order valence-corrected chi connectivity index (χ3v) is 10.6. The molecular weight excluding hydrogens is 567 g/mol. The Balaban J connectivity index is 0.979. The standard InChI is InChI=1S/C36H39FN6O2/c1-35(2)28-9-5-23(16-29(28)41-34(35)44)19-42-14-11-36(20-42)12-15-43(21-36)33-31(18-38-22-40-33)45-30-10-8-25(37)17-27(30)26-4-3-13-39-32(26)24-6-7-24/h3-5,8,10,13,16-18,22,24,28H,6-7,9,11-12,14-15,19-21H2,1-2H3,(H,41,44). The summed E-state index contributed by atoms with van der Waals surface area (Å²) in [4.78, 5) is 31.0. The minimum atomic E-state index is -0.348. The summed E-state index contributed by atoms with van der Waals surface area (Å²) < 4.78 is 21.1. The number of fused-ring (bicyclic) bond motifs is 1. The topological polar surface area (TPSA) is 83.5 Å². The quantitative estimate of drug-likeness (QED) is 0.341. The van der Waals surface area contributed by atoms with Crippen molar-refractivity contribution < 1.29 is 13.9 Å². The first-order valence-electron chi connectivity index (χ1n) is 16.2. The number of anilines is 1. The van der Waals surface area contributed by atoms with E-state index in [-0.39, 0.29) is 28.5 Å². The number of amides is 1. The third-order valence-electron chi connectivity index (χ3n) is 10.6. The van der Waals surface area contributed by atoms with Crippen LogP contribution in [0.3, 0.4) is 0 Å². The fraction of sp³-hybridized carbons (Fsp3) is 0.444. The Morgan fingerprint density at radius 2 is 1.93 bits per heavy atom. The van der Waals surface area contributed by atoms with Gasteiger partial charge in [0.05, 0.1) is 17.3 Å². The lowest BCUT2D eigenvalue weighted by atomic mass is 9.76. The number of likely N-dealkylation sites (tertiary alicyclic amines) is 1. The number of carbonyl (C=O) groups is 1. The Kier molecular flexibility index (Phi) is 6.78. The van der Waals surface area contributed by atoms with Gasteiger partial charge in [0.25, 0.3) is 0 Å². The first-order valence-corrected chi connectivity index (χ1v) is 16.2. The van der Waals surface area contributed by atoms with Crippen LogP contribution in [0.5, 0.6) is 11.5 Å². The summed E-state index contributed by atoms with van der Waals surface area (Å²) >= 11 is 0. The zero-order valence-electron chi connectivity index (χ0n) is 25.9. The van der Waals surface area contributed by atoms with Crippen LogP contribution in [0.1, 0.15) is 57.6 Å². The molecule has 4 fully saturated rings. The molecule has 2 aliphatic carbocycles. The van der Waals surface area contributed by atoms with E-state index in [2.05, 4.69) is 42.2 Å². The van der Waals surface area contributed by atoms with Crippen molar-refractivity contribution >= 4 is 11.7 Å². The summed E-state index contributed by atoms with van der Waals surface area (Å²) in [5, 5.41) is 3.13. The van der Waals surface area contributed by atoms with E-state index in [1.807, 2.05) is 32.2 Å². The van der Waals surface area contributed by atoms with Gasteiger partial charge >= 0.3 is 0 Å².